The summed E-state index contributed by atoms with van der Waals surface area (Å²) in [4.78, 5) is 10.1. The summed E-state index contributed by atoms with van der Waals surface area (Å²) in [6.07, 6.45) is -2.82. The van der Waals surface area contributed by atoms with Gasteiger partial charge in [0, 0.05) is 23.9 Å². The fourth-order valence-corrected chi connectivity index (χ4v) is 2.56. The van der Waals surface area contributed by atoms with E-state index < -0.39 is 17.0 Å². The normalized spacial score (nSPS) is 23.4. The van der Waals surface area contributed by atoms with E-state index in [2.05, 4.69) is 5.32 Å². The third kappa shape index (κ3) is 3.61. The van der Waals surface area contributed by atoms with Gasteiger partial charge in [0.05, 0.1) is 10.8 Å². The number of rotatable bonds is 3. The van der Waals surface area contributed by atoms with Crippen molar-refractivity contribution in [1.29, 1.82) is 0 Å². The molecule has 7 heteroatoms. The van der Waals surface area contributed by atoms with Crippen LogP contribution in [0.15, 0.2) is 24.3 Å². The third-order valence-corrected chi connectivity index (χ3v) is 3.56. The fraction of sp³-hybridized carbons (Fsp3) is 0.538. The Kier molecular flexibility index (Phi) is 4.15. The first kappa shape index (κ1) is 14.6. The number of hydrogen-bond donors (Lipinski definition) is 1. The van der Waals surface area contributed by atoms with E-state index in [1.807, 2.05) is 0 Å². The molecule has 0 bridgehead atoms. The zero-order chi connectivity index (χ0) is 14.8. The molecular weight excluding hydrogens is 273 g/mol. The number of benzene rings is 1. The molecule has 2 unspecified atom stereocenters. The van der Waals surface area contributed by atoms with Gasteiger partial charge in [0.15, 0.2) is 0 Å². The van der Waals surface area contributed by atoms with Crippen molar-refractivity contribution < 1.29 is 18.1 Å². The van der Waals surface area contributed by atoms with Crippen LogP contribution < -0.4 is 5.32 Å². The summed E-state index contributed by atoms with van der Waals surface area (Å²) in [6.45, 7) is 0. The summed E-state index contributed by atoms with van der Waals surface area (Å²) in [5, 5.41) is 13.6. The number of hydrogen-bond acceptors (Lipinski definition) is 3. The lowest BCUT2D eigenvalue weighted by molar-refractivity contribution is -0.384. The predicted octanol–water partition coefficient (Wildman–Crippen LogP) is 4.13. The fourth-order valence-electron chi connectivity index (χ4n) is 2.56. The van der Waals surface area contributed by atoms with E-state index in [-0.39, 0.29) is 24.6 Å². The van der Waals surface area contributed by atoms with E-state index in [0.717, 1.165) is 0 Å². The summed E-state index contributed by atoms with van der Waals surface area (Å²) in [5.41, 5.74) is 0.421. The SMILES string of the molecule is O=[N+]([O-])c1cccc(NC2CCCC(C(F)(F)F)C2)c1. The Bertz CT molecular complexity index is 491. The molecular formula is C13H15F3N2O2. The molecule has 0 saturated heterocycles. The Morgan fingerprint density at radius 3 is 2.70 bits per heavy atom. The van der Waals surface area contributed by atoms with Gasteiger partial charge in [-0.1, -0.05) is 12.5 Å². The minimum Gasteiger partial charge on any atom is -0.382 e. The van der Waals surface area contributed by atoms with Gasteiger partial charge in [-0.3, -0.25) is 10.1 Å². The van der Waals surface area contributed by atoms with Crippen LogP contribution in [-0.4, -0.2) is 17.1 Å². The lowest BCUT2D eigenvalue weighted by Gasteiger charge is -2.31. The Hall–Kier alpha value is -1.79. The van der Waals surface area contributed by atoms with Crippen molar-refractivity contribution in [1.82, 2.24) is 0 Å². The highest BCUT2D eigenvalue weighted by Gasteiger charge is 2.42. The maximum absolute atomic E-state index is 12.7. The second-order valence-electron chi connectivity index (χ2n) is 5.05. The quantitative estimate of drug-likeness (QED) is 0.672. The number of nitrogens with zero attached hydrogens (tertiary/aromatic N) is 1. The van der Waals surface area contributed by atoms with Crippen molar-refractivity contribution in [2.75, 3.05) is 5.32 Å². The minimum atomic E-state index is -4.16. The van der Waals surface area contributed by atoms with Crippen LogP contribution in [0.1, 0.15) is 25.7 Å². The van der Waals surface area contributed by atoms with Crippen LogP contribution in [0.2, 0.25) is 0 Å². The average Bonchev–Trinajstić information content (AvgIpc) is 2.38. The van der Waals surface area contributed by atoms with Crippen molar-refractivity contribution in [3.8, 4) is 0 Å². The largest absolute Gasteiger partial charge is 0.391 e. The lowest BCUT2D eigenvalue weighted by Crippen LogP contribution is -2.34. The van der Waals surface area contributed by atoms with Crippen LogP contribution in [0.3, 0.4) is 0 Å². The van der Waals surface area contributed by atoms with Gasteiger partial charge in [0.1, 0.15) is 0 Å². The molecule has 1 aromatic carbocycles. The molecule has 4 nitrogen and oxygen atoms in total. The van der Waals surface area contributed by atoms with Gasteiger partial charge in [-0.2, -0.15) is 13.2 Å². The van der Waals surface area contributed by atoms with Crippen molar-refractivity contribution in [3.63, 3.8) is 0 Å². The van der Waals surface area contributed by atoms with Crippen LogP contribution >= 0.6 is 0 Å². The molecule has 0 spiro atoms. The number of alkyl halides is 3. The molecule has 1 saturated carbocycles. The standard InChI is InChI=1S/C13H15F3N2O2/c14-13(15,16)9-3-1-4-10(7-9)17-11-5-2-6-12(8-11)18(19)20/h2,5-6,8-10,17H,1,3-4,7H2. The van der Waals surface area contributed by atoms with E-state index in [9.17, 15) is 23.3 Å². The molecule has 0 heterocycles. The molecule has 1 aromatic rings. The van der Waals surface area contributed by atoms with E-state index in [1.54, 1.807) is 6.07 Å². The first-order chi connectivity index (χ1) is 9.36. The van der Waals surface area contributed by atoms with Gasteiger partial charge in [-0.15, -0.1) is 0 Å². The first-order valence-electron chi connectivity index (χ1n) is 6.44. The van der Waals surface area contributed by atoms with Crippen molar-refractivity contribution in [2.45, 2.75) is 37.9 Å². The Morgan fingerprint density at radius 2 is 2.05 bits per heavy atom. The second-order valence-corrected chi connectivity index (χ2v) is 5.05. The summed E-state index contributed by atoms with van der Waals surface area (Å²) in [5.74, 6) is -1.28. The maximum Gasteiger partial charge on any atom is 0.391 e. The van der Waals surface area contributed by atoms with E-state index >= 15 is 0 Å². The second kappa shape index (κ2) is 5.68. The van der Waals surface area contributed by atoms with E-state index in [1.165, 1.54) is 18.2 Å². The average molecular weight is 288 g/mol. The molecule has 0 aromatic heterocycles. The number of non-ortho nitro benzene ring substituents is 1. The Labute approximate surface area is 114 Å². The van der Waals surface area contributed by atoms with Gasteiger partial charge in [0.25, 0.3) is 5.69 Å². The topological polar surface area (TPSA) is 55.2 Å². The summed E-state index contributed by atoms with van der Waals surface area (Å²) >= 11 is 0. The Balaban J connectivity index is 2.03. The molecule has 1 N–H and O–H groups in total. The number of nitro benzene ring substituents is 1. The zero-order valence-corrected chi connectivity index (χ0v) is 10.7. The van der Waals surface area contributed by atoms with Gasteiger partial charge in [-0.25, -0.2) is 0 Å². The molecule has 1 aliphatic rings. The molecule has 0 amide bonds. The predicted molar refractivity (Wildman–Crippen MR) is 68.5 cm³/mol. The maximum atomic E-state index is 12.7. The molecule has 0 radical (unpaired) electrons. The number of nitrogens with one attached hydrogen (secondary N) is 1. The Morgan fingerprint density at radius 1 is 1.30 bits per heavy atom. The highest BCUT2D eigenvalue weighted by atomic mass is 19.4. The minimum absolute atomic E-state index is 0.0200. The number of anilines is 1. The highest BCUT2D eigenvalue weighted by molar-refractivity contribution is 5.51. The molecule has 1 aliphatic carbocycles. The van der Waals surface area contributed by atoms with E-state index in [0.29, 0.717) is 18.5 Å². The number of nitro groups is 1. The molecule has 110 valence electrons. The van der Waals surface area contributed by atoms with Crippen LogP contribution in [0.25, 0.3) is 0 Å². The van der Waals surface area contributed by atoms with Gasteiger partial charge >= 0.3 is 6.18 Å². The van der Waals surface area contributed by atoms with Gasteiger partial charge in [-0.05, 0) is 25.3 Å². The highest BCUT2D eigenvalue weighted by Crippen LogP contribution is 2.38. The van der Waals surface area contributed by atoms with Crippen LogP contribution in [0, 0.1) is 16.0 Å². The van der Waals surface area contributed by atoms with Gasteiger partial charge in [0.2, 0.25) is 0 Å². The molecule has 1 fully saturated rings. The summed E-state index contributed by atoms with van der Waals surface area (Å²) in [7, 11) is 0. The number of halogens is 3. The van der Waals surface area contributed by atoms with Crippen molar-refractivity contribution >= 4 is 11.4 Å². The molecule has 2 atom stereocenters. The molecule has 20 heavy (non-hydrogen) atoms. The molecule has 0 aliphatic heterocycles. The first-order valence-corrected chi connectivity index (χ1v) is 6.44. The van der Waals surface area contributed by atoms with Crippen LogP contribution in [0.5, 0.6) is 0 Å². The lowest BCUT2D eigenvalue weighted by atomic mass is 9.85. The van der Waals surface area contributed by atoms with Crippen LogP contribution in [-0.2, 0) is 0 Å². The van der Waals surface area contributed by atoms with E-state index in [4.69, 9.17) is 0 Å². The smallest absolute Gasteiger partial charge is 0.382 e. The van der Waals surface area contributed by atoms with Crippen molar-refractivity contribution in [3.05, 3.63) is 34.4 Å². The summed E-state index contributed by atoms with van der Waals surface area (Å²) in [6, 6.07) is 5.55. The van der Waals surface area contributed by atoms with Crippen LogP contribution in [0.4, 0.5) is 24.5 Å². The monoisotopic (exact) mass is 288 g/mol. The molecule has 2 rings (SSSR count). The third-order valence-electron chi connectivity index (χ3n) is 3.56. The van der Waals surface area contributed by atoms with Gasteiger partial charge < -0.3 is 5.32 Å². The summed E-state index contributed by atoms with van der Waals surface area (Å²) < 4.78 is 38.1. The van der Waals surface area contributed by atoms with Crippen molar-refractivity contribution in [2.24, 2.45) is 5.92 Å². The zero-order valence-electron chi connectivity index (χ0n) is 10.7.